The molecule has 3 rings (SSSR count). The van der Waals surface area contributed by atoms with Gasteiger partial charge in [0.15, 0.2) is 0 Å². The van der Waals surface area contributed by atoms with E-state index in [4.69, 9.17) is 4.74 Å². The smallest absolute Gasteiger partial charge is 0.310 e. The topological polar surface area (TPSA) is 95.9 Å². The summed E-state index contributed by atoms with van der Waals surface area (Å²) in [5.41, 5.74) is 0. The van der Waals surface area contributed by atoms with Crippen LogP contribution in [0.5, 0.6) is 0 Å². The lowest BCUT2D eigenvalue weighted by atomic mass is 9.71. The highest BCUT2D eigenvalue weighted by atomic mass is 32.2. The molecule has 7 nitrogen and oxygen atoms in total. The quantitative estimate of drug-likeness (QED) is 0.620. The summed E-state index contributed by atoms with van der Waals surface area (Å²) in [5, 5.41) is 12.8. The normalized spacial score (nSPS) is 35.5. The summed E-state index contributed by atoms with van der Waals surface area (Å²) in [6.45, 7) is 7.50. The van der Waals surface area contributed by atoms with Crippen molar-refractivity contribution in [1.29, 1.82) is 0 Å². The van der Waals surface area contributed by atoms with Crippen molar-refractivity contribution in [2.24, 2.45) is 11.8 Å². The second kappa shape index (κ2) is 7.62. The lowest BCUT2D eigenvalue weighted by Crippen LogP contribution is -2.57. The van der Waals surface area contributed by atoms with Gasteiger partial charge in [-0.3, -0.25) is 14.4 Å². The molecule has 1 spiro atoms. The Morgan fingerprint density at radius 2 is 2.11 bits per heavy atom. The van der Waals surface area contributed by atoms with Crippen LogP contribution in [0.15, 0.2) is 0 Å². The zero-order chi connectivity index (χ0) is 19.9. The number of carbonyl (C=O) groups excluding carboxylic acids is 3. The van der Waals surface area contributed by atoms with Gasteiger partial charge in [0.05, 0.1) is 35.8 Å². The molecule has 3 saturated heterocycles. The van der Waals surface area contributed by atoms with E-state index in [-0.39, 0.29) is 42.3 Å². The molecule has 0 radical (unpaired) electrons. The molecule has 3 fully saturated rings. The number of aliphatic hydroxyl groups is 1. The van der Waals surface area contributed by atoms with Crippen molar-refractivity contribution >= 4 is 29.5 Å². The minimum absolute atomic E-state index is 0.0173. The number of amides is 2. The van der Waals surface area contributed by atoms with E-state index in [0.29, 0.717) is 6.42 Å². The molecule has 8 heteroatoms. The van der Waals surface area contributed by atoms with Crippen LogP contribution in [0.25, 0.3) is 0 Å². The number of ether oxygens (including phenoxy) is 1. The summed E-state index contributed by atoms with van der Waals surface area (Å²) in [7, 11) is 0. The summed E-state index contributed by atoms with van der Waals surface area (Å²) >= 11 is 1.62. The first-order valence-electron chi connectivity index (χ1n) is 9.90. The average molecular weight is 399 g/mol. The summed E-state index contributed by atoms with van der Waals surface area (Å²) in [4.78, 5) is 40.8. The molecule has 0 saturated carbocycles. The molecule has 2 unspecified atom stereocenters. The maximum Gasteiger partial charge on any atom is 0.310 e. The molecule has 2 N–H and O–H groups in total. The van der Waals surface area contributed by atoms with Crippen molar-refractivity contribution in [2.45, 2.75) is 75.1 Å². The van der Waals surface area contributed by atoms with Crippen molar-refractivity contribution in [3.63, 3.8) is 0 Å². The zero-order valence-electron chi connectivity index (χ0n) is 16.4. The first-order chi connectivity index (χ1) is 12.8. The van der Waals surface area contributed by atoms with Crippen LogP contribution in [0.4, 0.5) is 0 Å². The minimum Gasteiger partial charge on any atom is -0.466 e. The van der Waals surface area contributed by atoms with E-state index in [9.17, 15) is 19.5 Å². The van der Waals surface area contributed by atoms with Gasteiger partial charge in [0, 0.05) is 11.3 Å². The van der Waals surface area contributed by atoms with Crippen LogP contribution in [0.1, 0.15) is 47.0 Å². The maximum absolute atomic E-state index is 13.5. The maximum atomic E-state index is 13.5. The monoisotopic (exact) mass is 398 g/mol. The van der Waals surface area contributed by atoms with Crippen LogP contribution in [-0.2, 0) is 19.1 Å². The van der Waals surface area contributed by atoms with Crippen LogP contribution >= 0.6 is 11.8 Å². The average Bonchev–Trinajstić information content (AvgIpc) is 3.24. The van der Waals surface area contributed by atoms with E-state index in [1.807, 2.05) is 20.8 Å². The highest BCUT2D eigenvalue weighted by Crippen LogP contribution is 2.66. The standard InChI is InChI=1S/C19H30N2O5S/c1-5-11(9-22)21-15(16(23)20-10(3)4)19-8-7-12(27-19)13(14(19)17(21)24)18(25)26-6-2/h10-15,22H,5-9H2,1-4H3,(H,20,23)/t11-,12+,13-,14-,15?,19?/m0/s1. The molecule has 2 bridgehead atoms. The highest BCUT2D eigenvalue weighted by molar-refractivity contribution is 8.02. The van der Waals surface area contributed by atoms with Gasteiger partial charge in [0.2, 0.25) is 11.8 Å². The predicted molar refractivity (Wildman–Crippen MR) is 102 cm³/mol. The van der Waals surface area contributed by atoms with Crippen molar-refractivity contribution in [1.82, 2.24) is 10.2 Å². The van der Waals surface area contributed by atoms with Crippen molar-refractivity contribution in [3.8, 4) is 0 Å². The number of rotatable bonds is 7. The number of aliphatic hydroxyl groups excluding tert-OH is 1. The lowest BCUT2D eigenvalue weighted by molar-refractivity contribution is -0.154. The van der Waals surface area contributed by atoms with Gasteiger partial charge in [-0.05, 0) is 40.0 Å². The van der Waals surface area contributed by atoms with Crippen molar-refractivity contribution in [3.05, 3.63) is 0 Å². The molecule has 0 aliphatic carbocycles. The summed E-state index contributed by atoms with van der Waals surface area (Å²) in [6, 6.07) is -1.14. The van der Waals surface area contributed by atoms with Crippen LogP contribution in [0, 0.1) is 11.8 Å². The Morgan fingerprint density at radius 1 is 1.41 bits per heavy atom. The Hall–Kier alpha value is -1.28. The number of thioether (sulfide) groups is 1. The first kappa shape index (κ1) is 20.5. The van der Waals surface area contributed by atoms with E-state index >= 15 is 0 Å². The fourth-order valence-corrected chi connectivity index (χ4v) is 7.26. The number of carbonyl (C=O) groups is 3. The van der Waals surface area contributed by atoms with Crippen LogP contribution in [0.2, 0.25) is 0 Å². The molecule has 2 amide bonds. The molecule has 0 aromatic heterocycles. The molecular weight excluding hydrogens is 368 g/mol. The molecule has 0 aromatic carbocycles. The molecule has 3 aliphatic rings. The fraction of sp³-hybridized carbons (Fsp3) is 0.842. The third kappa shape index (κ3) is 3.05. The number of likely N-dealkylation sites (tertiary alicyclic amines) is 1. The van der Waals surface area contributed by atoms with E-state index < -0.39 is 28.7 Å². The highest BCUT2D eigenvalue weighted by Gasteiger charge is 2.74. The van der Waals surface area contributed by atoms with Crippen molar-refractivity contribution in [2.75, 3.05) is 13.2 Å². The van der Waals surface area contributed by atoms with E-state index in [1.165, 1.54) is 0 Å². The third-order valence-corrected chi connectivity index (χ3v) is 8.00. The van der Waals surface area contributed by atoms with Crippen LogP contribution in [0.3, 0.4) is 0 Å². The number of fused-ring (bicyclic) bond motifs is 1. The number of hydrogen-bond donors (Lipinski definition) is 2. The van der Waals surface area contributed by atoms with E-state index in [0.717, 1.165) is 12.8 Å². The summed E-state index contributed by atoms with van der Waals surface area (Å²) < 4.78 is 4.66. The molecule has 6 atom stereocenters. The first-order valence-corrected chi connectivity index (χ1v) is 10.8. The summed E-state index contributed by atoms with van der Waals surface area (Å²) in [6.07, 6.45) is 2.07. The fourth-order valence-electron chi connectivity index (χ4n) is 5.07. The number of nitrogens with zero attached hydrogens (tertiary/aromatic N) is 1. The molecule has 152 valence electrons. The molecule has 3 aliphatic heterocycles. The van der Waals surface area contributed by atoms with Gasteiger partial charge in [-0.15, -0.1) is 11.8 Å². The van der Waals surface area contributed by atoms with E-state index in [2.05, 4.69) is 5.32 Å². The van der Waals surface area contributed by atoms with Gasteiger partial charge in [0.1, 0.15) is 6.04 Å². The van der Waals surface area contributed by atoms with Crippen LogP contribution in [-0.4, -0.2) is 69.1 Å². The minimum atomic E-state index is -0.663. The lowest BCUT2D eigenvalue weighted by Gasteiger charge is -2.37. The van der Waals surface area contributed by atoms with E-state index in [1.54, 1.807) is 23.6 Å². The Bertz CT molecular complexity index is 623. The molecule has 0 aromatic rings. The number of nitrogens with one attached hydrogen (secondary N) is 1. The van der Waals surface area contributed by atoms with Gasteiger partial charge in [-0.2, -0.15) is 0 Å². The van der Waals surface area contributed by atoms with Gasteiger partial charge in [0.25, 0.3) is 0 Å². The molecule has 27 heavy (non-hydrogen) atoms. The largest absolute Gasteiger partial charge is 0.466 e. The predicted octanol–water partition coefficient (Wildman–Crippen LogP) is 0.936. The Morgan fingerprint density at radius 3 is 2.67 bits per heavy atom. The van der Waals surface area contributed by atoms with Crippen molar-refractivity contribution < 1.29 is 24.2 Å². The van der Waals surface area contributed by atoms with Gasteiger partial charge < -0.3 is 20.1 Å². The summed E-state index contributed by atoms with van der Waals surface area (Å²) in [5.74, 6) is -1.77. The van der Waals surface area contributed by atoms with Gasteiger partial charge in [-0.25, -0.2) is 0 Å². The Labute approximate surface area is 164 Å². The van der Waals surface area contributed by atoms with Gasteiger partial charge in [-0.1, -0.05) is 6.92 Å². The second-order valence-electron chi connectivity index (χ2n) is 7.96. The third-order valence-electron chi connectivity index (χ3n) is 6.05. The SMILES string of the molecule is CCOC(=O)[C@@H]1[C@H]2C(=O)N([C@@H](CC)CO)C(C(=O)NC(C)C)C23CC[C@H]1S3. The molecular formula is C19H30N2O5S. The zero-order valence-corrected chi connectivity index (χ0v) is 17.3. The van der Waals surface area contributed by atoms with Gasteiger partial charge >= 0.3 is 5.97 Å². The Kier molecular flexibility index (Phi) is 5.77. The number of esters is 1. The Balaban J connectivity index is 2.03. The molecule has 3 heterocycles. The van der Waals surface area contributed by atoms with Crippen LogP contribution < -0.4 is 5.32 Å². The number of hydrogen-bond acceptors (Lipinski definition) is 6. The second-order valence-corrected chi connectivity index (χ2v) is 9.56.